The van der Waals surface area contributed by atoms with Crippen molar-refractivity contribution in [2.75, 3.05) is 11.9 Å². The first-order valence-electron chi connectivity index (χ1n) is 10.2. The van der Waals surface area contributed by atoms with Gasteiger partial charge in [-0.05, 0) is 68.3 Å². The third kappa shape index (κ3) is 6.49. The van der Waals surface area contributed by atoms with Gasteiger partial charge >= 0.3 is 6.18 Å². The molecule has 33 heavy (non-hydrogen) atoms. The molecule has 2 N–H and O–H groups in total. The Bertz CT molecular complexity index is 1170. The standard InChI is InChI=1S/C24H25F3N2O3S/c1-16-13-17(2)23(18(3)14-16)33(30,31)29-22(24(25,26)27)15-28-19-9-11-21(12-10-19)32-20-7-5-4-6-8-20/h4-14,22,28-29H,15H2,1-3H3. The molecule has 0 aliphatic carbocycles. The molecule has 176 valence electrons. The summed E-state index contributed by atoms with van der Waals surface area (Å²) in [6.07, 6.45) is -4.79. The van der Waals surface area contributed by atoms with Gasteiger partial charge in [0.05, 0.1) is 4.90 Å². The minimum atomic E-state index is -4.79. The molecule has 0 saturated heterocycles. The molecule has 3 aromatic carbocycles. The molecule has 0 saturated carbocycles. The molecule has 1 atom stereocenters. The smallest absolute Gasteiger partial charge is 0.406 e. The monoisotopic (exact) mass is 478 g/mol. The van der Waals surface area contributed by atoms with Crippen LogP contribution in [0.3, 0.4) is 0 Å². The lowest BCUT2D eigenvalue weighted by atomic mass is 10.1. The van der Waals surface area contributed by atoms with Gasteiger partial charge in [0.2, 0.25) is 10.0 Å². The van der Waals surface area contributed by atoms with E-state index in [9.17, 15) is 21.6 Å². The van der Waals surface area contributed by atoms with Crippen LogP contribution in [0.4, 0.5) is 18.9 Å². The van der Waals surface area contributed by atoms with Crippen LogP contribution in [0.5, 0.6) is 11.5 Å². The maximum atomic E-state index is 13.7. The third-order valence-corrected chi connectivity index (χ3v) is 6.69. The number of para-hydroxylation sites is 1. The first kappa shape index (κ1) is 24.6. The van der Waals surface area contributed by atoms with E-state index in [0.29, 0.717) is 28.3 Å². The Kier molecular flexibility index (Phi) is 7.34. The molecule has 0 aliphatic rings. The summed E-state index contributed by atoms with van der Waals surface area (Å²) in [6, 6.07) is 16.4. The maximum Gasteiger partial charge on any atom is 0.406 e. The number of anilines is 1. The quantitative estimate of drug-likeness (QED) is 0.434. The van der Waals surface area contributed by atoms with Crippen molar-refractivity contribution in [3.05, 3.63) is 83.4 Å². The van der Waals surface area contributed by atoms with Crippen molar-refractivity contribution in [1.29, 1.82) is 0 Å². The fourth-order valence-corrected chi connectivity index (χ4v) is 5.22. The van der Waals surface area contributed by atoms with Gasteiger partial charge in [0.15, 0.2) is 0 Å². The molecule has 0 heterocycles. The summed E-state index contributed by atoms with van der Waals surface area (Å²) in [5, 5.41) is 2.65. The van der Waals surface area contributed by atoms with Crippen molar-refractivity contribution in [1.82, 2.24) is 4.72 Å². The van der Waals surface area contributed by atoms with Crippen LogP contribution in [0.15, 0.2) is 71.6 Å². The fraction of sp³-hybridized carbons (Fsp3) is 0.250. The average Bonchev–Trinajstić information content (AvgIpc) is 2.71. The highest BCUT2D eigenvalue weighted by atomic mass is 32.2. The van der Waals surface area contributed by atoms with E-state index in [-0.39, 0.29) is 4.90 Å². The van der Waals surface area contributed by atoms with E-state index in [0.717, 1.165) is 5.56 Å². The summed E-state index contributed by atoms with van der Waals surface area (Å²) in [5.74, 6) is 1.15. The summed E-state index contributed by atoms with van der Waals surface area (Å²) < 4.78 is 74.1. The Hall–Kier alpha value is -3.04. The van der Waals surface area contributed by atoms with E-state index in [1.165, 1.54) is 0 Å². The van der Waals surface area contributed by atoms with E-state index in [4.69, 9.17) is 4.74 Å². The Balaban J connectivity index is 1.72. The van der Waals surface area contributed by atoms with Crippen LogP contribution in [0.2, 0.25) is 0 Å². The Morgan fingerprint density at radius 3 is 1.97 bits per heavy atom. The number of hydrogen-bond donors (Lipinski definition) is 2. The molecular weight excluding hydrogens is 453 g/mol. The molecule has 5 nitrogen and oxygen atoms in total. The van der Waals surface area contributed by atoms with Crippen LogP contribution in [-0.4, -0.2) is 27.2 Å². The van der Waals surface area contributed by atoms with Gasteiger partial charge in [-0.2, -0.15) is 17.9 Å². The van der Waals surface area contributed by atoms with Gasteiger partial charge in [-0.1, -0.05) is 35.9 Å². The molecule has 0 spiro atoms. The van der Waals surface area contributed by atoms with Crippen molar-refractivity contribution in [3.8, 4) is 11.5 Å². The predicted octanol–water partition coefficient (Wildman–Crippen LogP) is 5.73. The molecule has 0 aliphatic heterocycles. The molecule has 0 fully saturated rings. The van der Waals surface area contributed by atoms with Crippen molar-refractivity contribution >= 4 is 15.7 Å². The van der Waals surface area contributed by atoms with Gasteiger partial charge < -0.3 is 10.1 Å². The minimum absolute atomic E-state index is 0.134. The lowest BCUT2D eigenvalue weighted by Crippen LogP contribution is -2.49. The van der Waals surface area contributed by atoms with Crippen molar-refractivity contribution in [2.24, 2.45) is 0 Å². The highest BCUT2D eigenvalue weighted by molar-refractivity contribution is 7.89. The summed E-state index contributed by atoms with van der Waals surface area (Å²) in [7, 11) is -4.40. The second-order valence-corrected chi connectivity index (χ2v) is 9.41. The molecule has 3 rings (SSSR count). The van der Waals surface area contributed by atoms with Crippen LogP contribution >= 0.6 is 0 Å². The number of benzene rings is 3. The molecule has 0 aromatic heterocycles. The zero-order valence-electron chi connectivity index (χ0n) is 18.4. The van der Waals surface area contributed by atoms with Crippen molar-refractivity contribution in [3.63, 3.8) is 0 Å². The van der Waals surface area contributed by atoms with Crippen LogP contribution < -0.4 is 14.8 Å². The number of hydrogen-bond acceptors (Lipinski definition) is 4. The van der Waals surface area contributed by atoms with E-state index in [1.807, 2.05) is 22.9 Å². The van der Waals surface area contributed by atoms with Gasteiger partial charge in [0, 0.05) is 12.2 Å². The highest BCUT2D eigenvalue weighted by Gasteiger charge is 2.42. The summed E-state index contributed by atoms with van der Waals surface area (Å²) >= 11 is 0. The van der Waals surface area contributed by atoms with Crippen LogP contribution in [0, 0.1) is 20.8 Å². The van der Waals surface area contributed by atoms with E-state index < -0.39 is 28.8 Å². The Morgan fingerprint density at radius 1 is 0.879 bits per heavy atom. The summed E-state index contributed by atoms with van der Waals surface area (Å²) in [6.45, 7) is 4.25. The molecule has 3 aromatic rings. The Labute approximate surface area is 191 Å². The lowest BCUT2D eigenvalue weighted by Gasteiger charge is -2.23. The van der Waals surface area contributed by atoms with Crippen LogP contribution in [-0.2, 0) is 10.0 Å². The molecular formula is C24H25F3N2O3S. The number of alkyl halides is 3. The first-order chi connectivity index (χ1) is 15.5. The summed E-state index contributed by atoms with van der Waals surface area (Å²) in [5.41, 5.74) is 2.01. The highest BCUT2D eigenvalue weighted by Crippen LogP contribution is 2.27. The average molecular weight is 479 g/mol. The number of sulfonamides is 1. The third-order valence-electron chi connectivity index (χ3n) is 4.91. The van der Waals surface area contributed by atoms with Gasteiger partial charge in [-0.15, -0.1) is 0 Å². The lowest BCUT2D eigenvalue weighted by molar-refractivity contribution is -0.148. The number of rotatable bonds is 8. The van der Waals surface area contributed by atoms with Crippen LogP contribution in [0.25, 0.3) is 0 Å². The maximum absolute atomic E-state index is 13.7. The largest absolute Gasteiger partial charge is 0.457 e. The first-order valence-corrected chi connectivity index (χ1v) is 11.7. The zero-order valence-corrected chi connectivity index (χ0v) is 19.2. The molecule has 1 unspecified atom stereocenters. The van der Waals surface area contributed by atoms with Crippen LogP contribution in [0.1, 0.15) is 16.7 Å². The predicted molar refractivity (Wildman–Crippen MR) is 122 cm³/mol. The molecule has 9 heteroatoms. The van der Waals surface area contributed by atoms with Crippen molar-refractivity contribution < 1.29 is 26.3 Å². The molecule has 0 radical (unpaired) electrons. The van der Waals surface area contributed by atoms with Gasteiger partial charge in [-0.3, -0.25) is 0 Å². The second-order valence-electron chi connectivity index (χ2n) is 7.76. The topological polar surface area (TPSA) is 67.4 Å². The molecule has 0 amide bonds. The fourth-order valence-electron chi connectivity index (χ4n) is 3.55. The number of nitrogens with one attached hydrogen (secondary N) is 2. The molecule has 0 bridgehead atoms. The van der Waals surface area contributed by atoms with Gasteiger partial charge in [0.1, 0.15) is 17.5 Å². The normalized spacial score (nSPS) is 12.9. The Morgan fingerprint density at radius 2 is 1.42 bits per heavy atom. The van der Waals surface area contributed by atoms with Crippen molar-refractivity contribution in [2.45, 2.75) is 37.9 Å². The number of aryl methyl sites for hydroxylation is 3. The SMILES string of the molecule is Cc1cc(C)c(S(=O)(=O)NC(CNc2ccc(Oc3ccccc3)cc2)C(F)(F)F)c(C)c1. The van der Waals surface area contributed by atoms with E-state index >= 15 is 0 Å². The number of halogens is 3. The minimum Gasteiger partial charge on any atom is -0.457 e. The summed E-state index contributed by atoms with van der Waals surface area (Å²) in [4.78, 5) is -0.134. The van der Waals surface area contributed by atoms with Gasteiger partial charge in [0.25, 0.3) is 0 Å². The van der Waals surface area contributed by atoms with E-state index in [1.54, 1.807) is 69.3 Å². The van der Waals surface area contributed by atoms with E-state index in [2.05, 4.69) is 5.32 Å². The zero-order chi connectivity index (χ0) is 24.2. The number of ether oxygens (including phenoxy) is 1. The second kappa shape index (κ2) is 9.84. The van der Waals surface area contributed by atoms with Gasteiger partial charge in [-0.25, -0.2) is 8.42 Å².